The van der Waals surface area contributed by atoms with Gasteiger partial charge in [0.05, 0.1) is 0 Å². The Kier molecular flexibility index (Phi) is 4.80. The maximum absolute atomic E-state index is 5.53. The Morgan fingerprint density at radius 2 is 2.10 bits per heavy atom. The summed E-state index contributed by atoms with van der Waals surface area (Å²) in [6.07, 6.45) is 1.01. The van der Waals surface area contributed by atoms with Gasteiger partial charge < -0.3 is 10.3 Å². The van der Waals surface area contributed by atoms with Crippen LogP contribution in [0.3, 0.4) is 0 Å². The van der Waals surface area contributed by atoms with Gasteiger partial charge in [-0.05, 0) is 17.9 Å². The molecule has 2 aromatic heterocycles. The van der Waals surface area contributed by atoms with Crippen molar-refractivity contribution in [1.82, 2.24) is 9.97 Å². The minimum atomic E-state index is -0.115. The van der Waals surface area contributed by atoms with Gasteiger partial charge in [-0.2, -0.15) is 0 Å². The molecule has 6 heteroatoms. The fraction of sp³-hybridized carbons (Fsp3) is 0.467. The average molecular weight is 305 g/mol. The van der Waals surface area contributed by atoms with E-state index >= 15 is 0 Å². The number of thiophene rings is 1. The number of nitrogens with two attached hydrogens (primary N) is 1. The van der Waals surface area contributed by atoms with E-state index in [0.29, 0.717) is 5.82 Å². The van der Waals surface area contributed by atoms with Gasteiger partial charge in [0.15, 0.2) is 0 Å². The lowest BCUT2D eigenvalue weighted by molar-refractivity contribution is 0.545. The lowest BCUT2D eigenvalue weighted by Gasteiger charge is -2.23. The van der Waals surface area contributed by atoms with Gasteiger partial charge in [-0.15, -0.1) is 11.3 Å². The minimum Gasteiger partial charge on any atom is -0.359 e. The van der Waals surface area contributed by atoms with E-state index in [2.05, 4.69) is 58.6 Å². The molecule has 0 bridgehead atoms. The quantitative estimate of drug-likeness (QED) is 0.657. The van der Waals surface area contributed by atoms with Crippen molar-refractivity contribution in [3.8, 4) is 0 Å². The van der Waals surface area contributed by atoms with Gasteiger partial charge in [0.25, 0.3) is 0 Å². The SMILES string of the molecule is CN(CCc1cccs1)c1cc(NN)nc(C(C)(C)C)n1. The summed E-state index contributed by atoms with van der Waals surface area (Å²) in [5.41, 5.74) is 2.51. The van der Waals surface area contributed by atoms with E-state index in [1.165, 1.54) is 4.88 Å². The van der Waals surface area contributed by atoms with Gasteiger partial charge in [0, 0.05) is 30.0 Å². The Hall–Kier alpha value is -1.66. The van der Waals surface area contributed by atoms with Crippen LogP contribution in [0.15, 0.2) is 23.6 Å². The van der Waals surface area contributed by atoms with Crippen LogP contribution in [-0.4, -0.2) is 23.6 Å². The number of nitrogen functional groups attached to an aromatic ring is 1. The van der Waals surface area contributed by atoms with Crippen LogP contribution in [0.4, 0.5) is 11.6 Å². The maximum atomic E-state index is 5.53. The monoisotopic (exact) mass is 305 g/mol. The predicted molar refractivity (Wildman–Crippen MR) is 89.8 cm³/mol. The van der Waals surface area contributed by atoms with Crippen LogP contribution in [0.5, 0.6) is 0 Å². The van der Waals surface area contributed by atoms with Crippen LogP contribution < -0.4 is 16.2 Å². The molecule has 114 valence electrons. The van der Waals surface area contributed by atoms with Gasteiger partial charge in [-0.3, -0.25) is 0 Å². The topological polar surface area (TPSA) is 67.1 Å². The van der Waals surface area contributed by atoms with Crippen molar-refractivity contribution in [1.29, 1.82) is 0 Å². The lowest BCUT2D eigenvalue weighted by Crippen LogP contribution is -2.25. The van der Waals surface area contributed by atoms with E-state index in [4.69, 9.17) is 5.84 Å². The maximum Gasteiger partial charge on any atom is 0.145 e. The van der Waals surface area contributed by atoms with Gasteiger partial charge >= 0.3 is 0 Å². The zero-order valence-corrected chi connectivity index (χ0v) is 13.9. The Labute approximate surface area is 130 Å². The number of likely N-dealkylation sites (N-methyl/N-ethyl adjacent to an activating group) is 1. The molecule has 0 saturated carbocycles. The second-order valence-electron chi connectivity index (χ2n) is 6.08. The van der Waals surface area contributed by atoms with Crippen molar-refractivity contribution in [2.24, 2.45) is 5.84 Å². The molecule has 0 unspecified atom stereocenters. The average Bonchev–Trinajstić information content (AvgIpc) is 2.96. The predicted octanol–water partition coefficient (Wildman–Crippen LogP) is 2.80. The van der Waals surface area contributed by atoms with Crippen LogP contribution in [0.25, 0.3) is 0 Å². The number of nitrogens with one attached hydrogen (secondary N) is 1. The smallest absolute Gasteiger partial charge is 0.145 e. The van der Waals surface area contributed by atoms with E-state index in [1.807, 2.05) is 13.1 Å². The fourth-order valence-corrected chi connectivity index (χ4v) is 2.58. The lowest BCUT2D eigenvalue weighted by atomic mass is 9.96. The third-order valence-electron chi connectivity index (χ3n) is 3.20. The molecule has 0 radical (unpaired) electrons. The highest BCUT2D eigenvalue weighted by atomic mass is 32.1. The molecular weight excluding hydrogens is 282 g/mol. The number of anilines is 2. The summed E-state index contributed by atoms with van der Waals surface area (Å²) in [5.74, 6) is 7.85. The number of hydrogen-bond donors (Lipinski definition) is 2. The summed E-state index contributed by atoms with van der Waals surface area (Å²) in [6, 6.07) is 6.12. The second kappa shape index (κ2) is 6.41. The van der Waals surface area contributed by atoms with Crippen molar-refractivity contribution in [2.75, 3.05) is 23.9 Å². The van der Waals surface area contributed by atoms with Crippen LogP contribution in [0, 0.1) is 0 Å². The Morgan fingerprint density at radius 1 is 1.33 bits per heavy atom. The van der Waals surface area contributed by atoms with Gasteiger partial charge in [-0.25, -0.2) is 15.8 Å². The minimum absolute atomic E-state index is 0.115. The molecule has 21 heavy (non-hydrogen) atoms. The molecule has 2 aromatic rings. The van der Waals surface area contributed by atoms with Gasteiger partial charge in [0.1, 0.15) is 17.5 Å². The number of aromatic nitrogens is 2. The first-order valence-corrected chi connectivity index (χ1v) is 7.88. The van der Waals surface area contributed by atoms with Crippen LogP contribution in [0.1, 0.15) is 31.5 Å². The highest BCUT2D eigenvalue weighted by molar-refractivity contribution is 7.09. The largest absolute Gasteiger partial charge is 0.359 e. The summed E-state index contributed by atoms with van der Waals surface area (Å²) in [6.45, 7) is 7.19. The molecule has 3 N–H and O–H groups in total. The Morgan fingerprint density at radius 3 is 2.67 bits per heavy atom. The van der Waals surface area contributed by atoms with Crippen molar-refractivity contribution < 1.29 is 0 Å². The summed E-state index contributed by atoms with van der Waals surface area (Å²) >= 11 is 1.78. The summed E-state index contributed by atoms with van der Waals surface area (Å²) < 4.78 is 0. The van der Waals surface area contributed by atoms with E-state index in [0.717, 1.165) is 24.6 Å². The molecular formula is C15H23N5S. The van der Waals surface area contributed by atoms with E-state index < -0.39 is 0 Å². The standard InChI is InChI=1S/C15H23N5S/c1-15(2,3)14-17-12(19-16)10-13(18-14)20(4)8-7-11-6-5-9-21-11/h5-6,9-10H,7-8,16H2,1-4H3,(H,17,18,19). The highest BCUT2D eigenvalue weighted by Crippen LogP contribution is 2.23. The molecule has 0 saturated heterocycles. The number of nitrogens with zero attached hydrogens (tertiary/aromatic N) is 3. The van der Waals surface area contributed by atoms with Crippen molar-refractivity contribution in [2.45, 2.75) is 32.6 Å². The zero-order valence-electron chi connectivity index (χ0n) is 13.1. The van der Waals surface area contributed by atoms with Crippen molar-refractivity contribution in [3.63, 3.8) is 0 Å². The van der Waals surface area contributed by atoms with E-state index in [-0.39, 0.29) is 5.41 Å². The van der Waals surface area contributed by atoms with Gasteiger partial charge in [-0.1, -0.05) is 26.8 Å². The molecule has 0 atom stereocenters. The fourth-order valence-electron chi connectivity index (χ4n) is 1.89. The number of hydrogen-bond acceptors (Lipinski definition) is 6. The molecule has 2 heterocycles. The Bertz CT molecular complexity index is 574. The zero-order chi connectivity index (χ0) is 15.5. The molecule has 0 aliphatic carbocycles. The van der Waals surface area contributed by atoms with Gasteiger partial charge in [0.2, 0.25) is 0 Å². The normalized spacial score (nSPS) is 11.5. The molecule has 0 aliphatic rings. The molecule has 2 rings (SSSR count). The summed E-state index contributed by atoms with van der Waals surface area (Å²) in [5, 5.41) is 2.11. The van der Waals surface area contributed by atoms with E-state index in [9.17, 15) is 0 Å². The molecule has 0 aliphatic heterocycles. The van der Waals surface area contributed by atoms with Crippen LogP contribution in [0.2, 0.25) is 0 Å². The first kappa shape index (κ1) is 15.7. The Balaban J connectivity index is 2.17. The van der Waals surface area contributed by atoms with Crippen LogP contribution in [-0.2, 0) is 11.8 Å². The van der Waals surface area contributed by atoms with Crippen LogP contribution >= 0.6 is 11.3 Å². The highest BCUT2D eigenvalue weighted by Gasteiger charge is 2.20. The number of hydrazine groups is 1. The summed E-state index contributed by atoms with van der Waals surface area (Å²) in [4.78, 5) is 12.6. The molecule has 5 nitrogen and oxygen atoms in total. The molecule has 0 spiro atoms. The first-order chi connectivity index (χ1) is 9.90. The first-order valence-electron chi connectivity index (χ1n) is 7.00. The molecule has 0 amide bonds. The molecule has 0 aromatic carbocycles. The number of rotatable bonds is 5. The third kappa shape index (κ3) is 4.15. The molecule has 0 fully saturated rings. The van der Waals surface area contributed by atoms with Crippen molar-refractivity contribution >= 4 is 23.0 Å². The van der Waals surface area contributed by atoms with Crippen molar-refractivity contribution in [3.05, 3.63) is 34.3 Å². The third-order valence-corrected chi connectivity index (χ3v) is 4.13. The second-order valence-corrected chi connectivity index (χ2v) is 7.11. The van der Waals surface area contributed by atoms with E-state index in [1.54, 1.807) is 11.3 Å². The summed E-state index contributed by atoms with van der Waals surface area (Å²) in [7, 11) is 2.04.